The second kappa shape index (κ2) is 6.00. The maximum Gasteiger partial charge on any atom is 0.390 e. The maximum atomic E-state index is 12.1. The largest absolute Gasteiger partial charge is 0.662 e. The molecule has 1 saturated heterocycles. The van der Waals surface area contributed by atoms with Crippen molar-refractivity contribution >= 4 is 0 Å². The summed E-state index contributed by atoms with van der Waals surface area (Å²) in [5.41, 5.74) is 0. The summed E-state index contributed by atoms with van der Waals surface area (Å²) in [6, 6.07) is 0. The van der Waals surface area contributed by atoms with Gasteiger partial charge in [-0.2, -0.15) is 13.2 Å². The molecule has 0 spiro atoms. The van der Waals surface area contributed by atoms with Crippen LogP contribution in [0.1, 0.15) is 26.7 Å². The molecule has 3 unspecified atom stereocenters. The van der Waals surface area contributed by atoms with Crippen LogP contribution in [0.3, 0.4) is 0 Å². The zero-order valence-corrected chi connectivity index (χ0v) is 11.8. The van der Waals surface area contributed by atoms with Gasteiger partial charge < -0.3 is 10.2 Å². The third-order valence-electron chi connectivity index (χ3n) is 4.64. The second-order valence-corrected chi connectivity index (χ2v) is 6.22. The molecule has 0 aromatic heterocycles. The van der Waals surface area contributed by atoms with E-state index in [1.165, 1.54) is 0 Å². The summed E-state index contributed by atoms with van der Waals surface area (Å²) in [7, 11) is 0. The van der Waals surface area contributed by atoms with Crippen molar-refractivity contribution < 1.29 is 13.2 Å². The molecule has 1 saturated carbocycles. The normalized spacial score (nSPS) is 32.4. The summed E-state index contributed by atoms with van der Waals surface area (Å²) in [5.74, 6) is 2.55. The number of halogens is 3. The van der Waals surface area contributed by atoms with Crippen molar-refractivity contribution in [3.05, 3.63) is 5.32 Å². The Bertz CT molecular complexity index is 281. The Balaban J connectivity index is 1.56. The Morgan fingerprint density at radius 1 is 1.26 bits per heavy atom. The van der Waals surface area contributed by atoms with Gasteiger partial charge in [-0.05, 0) is 11.8 Å². The van der Waals surface area contributed by atoms with E-state index in [0.29, 0.717) is 23.7 Å². The fourth-order valence-electron chi connectivity index (χ4n) is 3.05. The molecule has 0 radical (unpaired) electrons. The van der Waals surface area contributed by atoms with Crippen LogP contribution in [0.15, 0.2) is 0 Å². The number of fused-ring (bicyclic) bond motifs is 1. The Morgan fingerprint density at radius 3 is 2.42 bits per heavy atom. The average molecular weight is 277 g/mol. The predicted molar refractivity (Wildman–Crippen MR) is 70.1 cm³/mol. The quantitative estimate of drug-likeness (QED) is 0.696. The predicted octanol–water partition coefficient (Wildman–Crippen LogP) is 3.54. The summed E-state index contributed by atoms with van der Waals surface area (Å²) < 4.78 is 36.4. The lowest BCUT2D eigenvalue weighted by atomic mass is 10.1. The minimum atomic E-state index is -4.02. The summed E-state index contributed by atoms with van der Waals surface area (Å²) in [5, 5.41) is 4.60. The molecule has 0 N–H and O–H groups in total. The summed E-state index contributed by atoms with van der Waals surface area (Å²) in [4.78, 5) is 1.97. The molecule has 19 heavy (non-hydrogen) atoms. The highest BCUT2D eigenvalue weighted by atomic mass is 19.4. The van der Waals surface area contributed by atoms with Gasteiger partial charge in [0.15, 0.2) is 0 Å². The van der Waals surface area contributed by atoms with Gasteiger partial charge in [-0.3, -0.25) is 0 Å². The van der Waals surface area contributed by atoms with Gasteiger partial charge in [0.1, 0.15) is 0 Å². The third-order valence-corrected chi connectivity index (χ3v) is 4.64. The molecule has 112 valence electrons. The van der Waals surface area contributed by atoms with E-state index in [-0.39, 0.29) is 6.54 Å². The molecule has 5 heteroatoms. The summed E-state index contributed by atoms with van der Waals surface area (Å²) in [6.07, 6.45) is -3.53. The van der Waals surface area contributed by atoms with E-state index in [2.05, 4.69) is 19.2 Å². The standard InChI is InChI=1S/C14H24F3N2/c1-3-10(2)6-18-7-11-12-8-19(9-13(11)12)5-4-14(15,16)17/h10-13H,3-9H2,1-2H3/q-1. The van der Waals surface area contributed by atoms with Gasteiger partial charge in [-0.25, -0.2) is 0 Å². The van der Waals surface area contributed by atoms with Crippen LogP contribution in [0.2, 0.25) is 0 Å². The topological polar surface area (TPSA) is 17.3 Å². The molecular weight excluding hydrogens is 253 g/mol. The number of rotatable bonds is 7. The lowest BCUT2D eigenvalue weighted by Crippen LogP contribution is -2.29. The SMILES string of the molecule is CCC(C)C[N-]CC1C2CN(CCC(F)(F)F)CC12. The number of likely N-dealkylation sites (tertiary alicyclic amines) is 1. The molecule has 2 rings (SSSR count). The molecule has 2 nitrogen and oxygen atoms in total. The molecule has 2 aliphatic rings. The molecule has 1 aliphatic heterocycles. The first-order chi connectivity index (χ1) is 8.90. The number of piperidine rings is 1. The lowest BCUT2D eigenvalue weighted by Gasteiger charge is -2.26. The monoisotopic (exact) mass is 277 g/mol. The fraction of sp³-hybridized carbons (Fsp3) is 1.00. The van der Waals surface area contributed by atoms with Crippen molar-refractivity contribution in [1.29, 1.82) is 0 Å². The third kappa shape index (κ3) is 4.35. The molecule has 1 aliphatic carbocycles. The van der Waals surface area contributed by atoms with Crippen molar-refractivity contribution in [3.8, 4) is 0 Å². The zero-order valence-electron chi connectivity index (χ0n) is 11.8. The van der Waals surface area contributed by atoms with Gasteiger partial charge in [-0.15, -0.1) is 13.1 Å². The minimum Gasteiger partial charge on any atom is -0.662 e. The number of hydrogen-bond acceptors (Lipinski definition) is 1. The molecular formula is C14H24F3N2-. The maximum absolute atomic E-state index is 12.1. The van der Waals surface area contributed by atoms with Crippen LogP contribution in [0.5, 0.6) is 0 Å². The van der Waals surface area contributed by atoms with Gasteiger partial charge in [-0.1, -0.05) is 32.1 Å². The average Bonchev–Trinajstić information content (AvgIpc) is 2.80. The van der Waals surface area contributed by atoms with Crippen LogP contribution < -0.4 is 0 Å². The Kier molecular flexibility index (Phi) is 4.77. The van der Waals surface area contributed by atoms with Crippen molar-refractivity contribution in [3.63, 3.8) is 0 Å². The number of nitrogens with zero attached hydrogens (tertiary/aromatic N) is 2. The van der Waals surface area contributed by atoms with Crippen LogP contribution in [0.25, 0.3) is 5.32 Å². The van der Waals surface area contributed by atoms with E-state index >= 15 is 0 Å². The molecule has 2 fully saturated rings. The van der Waals surface area contributed by atoms with Crippen LogP contribution >= 0.6 is 0 Å². The Morgan fingerprint density at radius 2 is 1.89 bits per heavy atom. The first-order valence-corrected chi connectivity index (χ1v) is 7.33. The van der Waals surface area contributed by atoms with Crippen LogP contribution in [-0.2, 0) is 0 Å². The van der Waals surface area contributed by atoms with Gasteiger partial charge in [0.25, 0.3) is 0 Å². The first-order valence-electron chi connectivity index (χ1n) is 7.33. The van der Waals surface area contributed by atoms with E-state index in [4.69, 9.17) is 0 Å². The van der Waals surface area contributed by atoms with Crippen LogP contribution in [0.4, 0.5) is 13.2 Å². The van der Waals surface area contributed by atoms with Crippen molar-refractivity contribution in [2.75, 3.05) is 32.7 Å². The molecule has 1 heterocycles. The molecule has 3 atom stereocenters. The van der Waals surface area contributed by atoms with E-state index in [0.717, 1.165) is 32.6 Å². The van der Waals surface area contributed by atoms with Crippen molar-refractivity contribution in [1.82, 2.24) is 4.90 Å². The fourth-order valence-corrected chi connectivity index (χ4v) is 3.05. The van der Waals surface area contributed by atoms with E-state index in [9.17, 15) is 13.2 Å². The van der Waals surface area contributed by atoms with Gasteiger partial charge in [0, 0.05) is 19.6 Å². The highest BCUT2D eigenvalue weighted by Crippen LogP contribution is 2.52. The first kappa shape index (κ1) is 15.1. The van der Waals surface area contributed by atoms with E-state index in [1.54, 1.807) is 0 Å². The second-order valence-electron chi connectivity index (χ2n) is 6.22. The highest BCUT2D eigenvalue weighted by molar-refractivity contribution is 5.09. The smallest absolute Gasteiger partial charge is 0.390 e. The minimum absolute atomic E-state index is 0.174. The van der Waals surface area contributed by atoms with Gasteiger partial charge in [0.2, 0.25) is 0 Å². The molecule has 0 aromatic rings. The van der Waals surface area contributed by atoms with Crippen LogP contribution in [0, 0.1) is 23.7 Å². The Hall–Kier alpha value is -0.290. The molecule has 0 aromatic carbocycles. The Labute approximate surface area is 113 Å². The summed E-state index contributed by atoms with van der Waals surface area (Å²) >= 11 is 0. The van der Waals surface area contributed by atoms with Crippen LogP contribution in [-0.4, -0.2) is 43.8 Å². The van der Waals surface area contributed by atoms with Crippen molar-refractivity contribution in [2.45, 2.75) is 32.9 Å². The van der Waals surface area contributed by atoms with E-state index < -0.39 is 12.6 Å². The number of hydrogen-bond donors (Lipinski definition) is 0. The van der Waals surface area contributed by atoms with Gasteiger partial charge >= 0.3 is 6.18 Å². The zero-order chi connectivity index (χ0) is 14.0. The van der Waals surface area contributed by atoms with E-state index in [1.807, 2.05) is 4.90 Å². The number of alkyl halides is 3. The highest BCUT2D eigenvalue weighted by Gasteiger charge is 2.53. The van der Waals surface area contributed by atoms with Crippen molar-refractivity contribution in [2.24, 2.45) is 23.7 Å². The molecule has 0 bridgehead atoms. The van der Waals surface area contributed by atoms with Gasteiger partial charge in [0.05, 0.1) is 6.42 Å². The molecule has 0 amide bonds. The lowest BCUT2D eigenvalue weighted by molar-refractivity contribution is -0.137. The summed E-state index contributed by atoms with van der Waals surface area (Å²) in [6.45, 7) is 8.11.